The van der Waals surface area contributed by atoms with E-state index in [4.69, 9.17) is 19.3 Å². The van der Waals surface area contributed by atoms with Crippen molar-refractivity contribution in [2.45, 2.75) is 69.5 Å². The lowest BCUT2D eigenvalue weighted by Gasteiger charge is -2.30. The molecular weight excluding hydrogens is 625 g/mol. The molecule has 0 fully saturated rings. The first kappa shape index (κ1) is 35.3. The van der Waals surface area contributed by atoms with Gasteiger partial charge >= 0.3 is 6.18 Å². The summed E-state index contributed by atoms with van der Waals surface area (Å²) >= 11 is 0. The number of methoxy groups -OCH3 is 1. The quantitative estimate of drug-likeness (QED) is 0.211. The molecular formula is C33H39F3N2O7S. The summed E-state index contributed by atoms with van der Waals surface area (Å²) in [7, 11) is -0.0895. The molecule has 0 bridgehead atoms. The van der Waals surface area contributed by atoms with E-state index >= 15 is 0 Å². The number of hydrogen-bond donors (Lipinski definition) is 3. The Morgan fingerprint density at radius 1 is 1.09 bits per heavy atom. The number of nitrogens with one attached hydrogen (secondary N) is 1. The number of fused-ring (bicyclic) bond motifs is 1. The Morgan fingerprint density at radius 3 is 2.35 bits per heavy atom. The van der Waals surface area contributed by atoms with Crippen LogP contribution in [0.1, 0.15) is 74.6 Å². The fourth-order valence-electron chi connectivity index (χ4n) is 4.86. The Morgan fingerprint density at radius 2 is 1.76 bits per heavy atom. The number of aromatic nitrogens is 1. The van der Waals surface area contributed by atoms with Crippen molar-refractivity contribution >= 4 is 16.8 Å². The van der Waals surface area contributed by atoms with Crippen molar-refractivity contribution in [1.29, 1.82) is 0 Å². The van der Waals surface area contributed by atoms with Gasteiger partial charge in [0, 0.05) is 23.1 Å². The smallest absolute Gasteiger partial charge is 0.416 e. The number of alkyl halides is 3. The average molecular weight is 665 g/mol. The second-order valence-corrected chi connectivity index (χ2v) is 14.5. The molecule has 0 amide bonds. The van der Waals surface area contributed by atoms with Gasteiger partial charge in [0.15, 0.2) is 23.0 Å². The highest BCUT2D eigenvalue weighted by molar-refractivity contribution is 7.84. The van der Waals surface area contributed by atoms with Crippen molar-refractivity contribution in [1.82, 2.24) is 9.71 Å². The number of halogens is 3. The maximum Gasteiger partial charge on any atom is 0.416 e. The maximum atomic E-state index is 13.3. The van der Waals surface area contributed by atoms with Gasteiger partial charge in [-0.2, -0.15) is 13.2 Å². The Bertz CT molecular complexity index is 1600. The van der Waals surface area contributed by atoms with Crippen LogP contribution in [-0.4, -0.2) is 56.9 Å². The van der Waals surface area contributed by atoms with Crippen molar-refractivity contribution in [3.05, 3.63) is 70.9 Å². The highest BCUT2D eigenvalue weighted by atomic mass is 32.2. The lowest BCUT2D eigenvalue weighted by atomic mass is 9.88. The standard InChI is InChI=1S/C33H39F3N2O7S/c1-30(2,3)46(42)38-31(4)19-45-29-23(31)18-27(37-28(29)20-7-10-22(11-8-20)33(34,35)36)32(5,41)14-13-24(40)21-9-12-25(44-16-15-39)26(17-21)43-6/h7-12,17-18,38-39,41H,13-16,19H2,1-6H3. The number of rotatable bonds is 12. The van der Waals surface area contributed by atoms with Crippen LogP contribution in [0.15, 0.2) is 48.5 Å². The average Bonchev–Trinajstić information content (AvgIpc) is 3.33. The third-order valence-electron chi connectivity index (χ3n) is 7.66. The number of aliphatic hydroxyl groups is 2. The number of carbonyl (C=O) groups is 1. The molecule has 46 heavy (non-hydrogen) atoms. The van der Waals surface area contributed by atoms with Gasteiger partial charge in [-0.05, 0) is 77.4 Å². The van der Waals surface area contributed by atoms with Crippen LogP contribution >= 0.6 is 0 Å². The molecule has 13 heteroatoms. The van der Waals surface area contributed by atoms with Crippen molar-refractivity contribution < 1.29 is 46.6 Å². The van der Waals surface area contributed by atoms with Gasteiger partial charge in [0.1, 0.15) is 24.5 Å². The molecule has 2 heterocycles. The Hall–Kier alpha value is -3.52. The van der Waals surface area contributed by atoms with Gasteiger partial charge in [0.25, 0.3) is 0 Å². The Labute approximate surface area is 268 Å². The molecule has 4 rings (SSSR count). The van der Waals surface area contributed by atoms with E-state index in [1.54, 1.807) is 25.1 Å². The number of Topliss-reactive ketones (excluding diaryl/α,β-unsaturated/α-hetero) is 1. The fraction of sp³-hybridized carbons (Fsp3) is 0.455. The van der Waals surface area contributed by atoms with E-state index < -0.39 is 38.6 Å². The van der Waals surface area contributed by atoms with Gasteiger partial charge in [-0.15, -0.1) is 0 Å². The van der Waals surface area contributed by atoms with Crippen LogP contribution in [0.25, 0.3) is 11.3 Å². The number of ether oxygens (including phenoxy) is 3. The molecule has 0 saturated heterocycles. The first-order valence-corrected chi connectivity index (χ1v) is 15.8. The van der Waals surface area contributed by atoms with E-state index in [2.05, 4.69) is 9.71 Å². The highest BCUT2D eigenvalue weighted by Crippen LogP contribution is 2.46. The van der Waals surface area contributed by atoms with E-state index in [0.717, 1.165) is 12.1 Å². The van der Waals surface area contributed by atoms with Gasteiger partial charge in [-0.3, -0.25) is 4.79 Å². The molecule has 3 aromatic rings. The van der Waals surface area contributed by atoms with Crippen LogP contribution in [0.5, 0.6) is 17.2 Å². The summed E-state index contributed by atoms with van der Waals surface area (Å²) in [5.74, 6) is 0.690. The third kappa shape index (κ3) is 7.71. The molecule has 2 aromatic carbocycles. The van der Waals surface area contributed by atoms with Gasteiger partial charge in [-0.1, -0.05) is 12.1 Å². The maximum absolute atomic E-state index is 13.3. The number of benzene rings is 2. The summed E-state index contributed by atoms with van der Waals surface area (Å²) in [5.41, 5.74) is -1.92. The molecule has 0 aliphatic carbocycles. The second-order valence-electron chi connectivity index (χ2n) is 12.5. The summed E-state index contributed by atoms with van der Waals surface area (Å²) < 4.78 is 72.4. The van der Waals surface area contributed by atoms with E-state index in [9.17, 15) is 27.3 Å². The normalized spacial score (nSPS) is 18.3. The van der Waals surface area contributed by atoms with E-state index in [-0.39, 0.29) is 49.8 Å². The molecule has 1 aliphatic heterocycles. The van der Waals surface area contributed by atoms with Crippen molar-refractivity contribution in [2.75, 3.05) is 26.9 Å². The highest BCUT2D eigenvalue weighted by Gasteiger charge is 2.43. The summed E-state index contributed by atoms with van der Waals surface area (Å²) in [5, 5.41) is 20.7. The minimum absolute atomic E-state index is 0.0475. The van der Waals surface area contributed by atoms with Gasteiger partial charge in [-0.25, -0.2) is 13.9 Å². The molecule has 250 valence electrons. The zero-order valence-electron chi connectivity index (χ0n) is 26.6. The van der Waals surface area contributed by atoms with E-state index in [0.29, 0.717) is 33.9 Å². The zero-order chi connectivity index (χ0) is 34.1. The topological polar surface area (TPSA) is 127 Å². The summed E-state index contributed by atoms with van der Waals surface area (Å²) in [4.78, 5) is 17.9. The minimum Gasteiger partial charge on any atom is -0.493 e. The van der Waals surface area contributed by atoms with Crippen molar-refractivity contribution in [2.24, 2.45) is 0 Å². The monoisotopic (exact) mass is 664 g/mol. The molecule has 3 atom stereocenters. The number of pyridine rings is 1. The SMILES string of the molecule is COc1cc(C(=O)CCC(C)(O)c2cc3c(c(-c4ccc(C(F)(F)F)cc4)n2)OCC3(C)NS(=O)C(C)(C)C)ccc1OCCO. The molecule has 3 N–H and O–H groups in total. The predicted octanol–water partition coefficient (Wildman–Crippen LogP) is 5.68. The molecule has 0 saturated carbocycles. The van der Waals surface area contributed by atoms with Gasteiger partial charge in [0.05, 0.1) is 46.2 Å². The molecule has 3 unspecified atom stereocenters. The lowest BCUT2D eigenvalue weighted by molar-refractivity contribution is -0.137. The molecule has 0 spiro atoms. The first-order chi connectivity index (χ1) is 21.4. The van der Waals surface area contributed by atoms with Crippen molar-refractivity contribution in [3.8, 4) is 28.5 Å². The summed E-state index contributed by atoms with van der Waals surface area (Å²) in [6.07, 6.45) is -4.66. The molecule has 1 aromatic heterocycles. The largest absolute Gasteiger partial charge is 0.493 e. The van der Waals surface area contributed by atoms with E-state index in [1.807, 2.05) is 20.8 Å². The van der Waals surface area contributed by atoms with Gasteiger partial charge in [0.2, 0.25) is 0 Å². The molecule has 0 radical (unpaired) electrons. The van der Waals surface area contributed by atoms with Crippen LogP contribution in [0, 0.1) is 0 Å². The Kier molecular flexibility index (Phi) is 10.2. The number of hydrogen-bond acceptors (Lipinski definition) is 8. The van der Waals surface area contributed by atoms with Gasteiger partial charge < -0.3 is 24.4 Å². The van der Waals surface area contributed by atoms with Crippen LogP contribution in [0.4, 0.5) is 13.2 Å². The number of nitrogens with zero attached hydrogens (tertiary/aromatic N) is 1. The van der Waals surface area contributed by atoms with Crippen LogP contribution < -0.4 is 18.9 Å². The van der Waals surface area contributed by atoms with Crippen molar-refractivity contribution in [3.63, 3.8) is 0 Å². The number of aliphatic hydroxyl groups excluding tert-OH is 1. The van der Waals surface area contributed by atoms with Crippen LogP contribution in [-0.2, 0) is 28.3 Å². The van der Waals surface area contributed by atoms with Crippen LogP contribution in [0.2, 0.25) is 0 Å². The summed E-state index contributed by atoms with van der Waals surface area (Å²) in [6, 6.07) is 10.7. The molecule has 1 aliphatic rings. The first-order valence-electron chi connectivity index (χ1n) is 14.6. The second kappa shape index (κ2) is 13.3. The minimum atomic E-state index is -4.53. The number of carbonyl (C=O) groups excluding carboxylic acids is 1. The van der Waals surface area contributed by atoms with E-state index in [1.165, 1.54) is 32.2 Å². The van der Waals surface area contributed by atoms with Crippen LogP contribution in [0.3, 0.4) is 0 Å². The zero-order valence-corrected chi connectivity index (χ0v) is 27.4. The summed E-state index contributed by atoms with van der Waals surface area (Å²) in [6.45, 7) is 8.67. The molecule has 9 nitrogen and oxygen atoms in total. The predicted molar refractivity (Wildman–Crippen MR) is 167 cm³/mol. The number of ketones is 1. The Balaban J connectivity index is 1.70. The lowest BCUT2D eigenvalue weighted by Crippen LogP contribution is -2.47. The fourth-order valence-corrected chi connectivity index (χ4v) is 5.74. The third-order valence-corrected chi connectivity index (χ3v) is 9.41.